The van der Waals surface area contributed by atoms with E-state index >= 15 is 0 Å². The molecule has 122 valence electrons. The maximum absolute atomic E-state index is 12.6. The molecule has 0 spiro atoms. The summed E-state index contributed by atoms with van der Waals surface area (Å²) in [5, 5.41) is 0. The van der Waals surface area contributed by atoms with E-state index < -0.39 is 5.69 Å². The van der Waals surface area contributed by atoms with Crippen LogP contribution in [0.25, 0.3) is 0 Å². The minimum atomic E-state index is -0.392. The van der Waals surface area contributed by atoms with E-state index in [0.29, 0.717) is 18.8 Å². The lowest BCUT2D eigenvalue weighted by atomic mass is 10.2. The summed E-state index contributed by atoms with van der Waals surface area (Å²) in [7, 11) is 3.25. The number of hydrogen-bond donors (Lipinski definition) is 0. The molecule has 7 heteroatoms. The number of likely N-dealkylation sites (tertiary alicyclic amines) is 1. The predicted octanol–water partition coefficient (Wildman–Crippen LogP) is 0.122. The summed E-state index contributed by atoms with van der Waals surface area (Å²) in [4.78, 5) is 30.2. The number of aryl methyl sites for hydroxylation is 2. The highest BCUT2D eigenvalue weighted by molar-refractivity contribution is 5.76. The fourth-order valence-electron chi connectivity index (χ4n) is 2.89. The van der Waals surface area contributed by atoms with Crippen molar-refractivity contribution in [3.05, 3.63) is 27.9 Å². The summed E-state index contributed by atoms with van der Waals surface area (Å²) in [5.74, 6) is -0.113. The fraction of sp³-hybridized carbons (Fsp3) is 0.667. The quantitative estimate of drug-likeness (QED) is 0.772. The van der Waals surface area contributed by atoms with E-state index in [4.69, 9.17) is 9.47 Å². The van der Waals surface area contributed by atoms with Crippen LogP contribution in [0.3, 0.4) is 0 Å². The molecule has 0 N–H and O–H groups in total. The predicted molar refractivity (Wildman–Crippen MR) is 80.8 cm³/mol. The van der Waals surface area contributed by atoms with Crippen molar-refractivity contribution in [3.8, 4) is 0 Å². The molecule has 0 unspecified atom stereocenters. The first kappa shape index (κ1) is 16.6. The van der Waals surface area contributed by atoms with Crippen LogP contribution in [0.5, 0.6) is 0 Å². The van der Waals surface area contributed by atoms with Crippen molar-refractivity contribution in [1.82, 2.24) is 14.5 Å². The van der Waals surface area contributed by atoms with Gasteiger partial charge in [0, 0.05) is 32.2 Å². The van der Waals surface area contributed by atoms with Crippen molar-refractivity contribution in [2.45, 2.75) is 39.0 Å². The van der Waals surface area contributed by atoms with E-state index in [0.717, 1.165) is 12.1 Å². The first-order chi connectivity index (χ1) is 10.5. The Bertz CT molecular complexity index is 599. The van der Waals surface area contributed by atoms with Crippen LogP contribution in [0.1, 0.15) is 17.8 Å². The minimum absolute atomic E-state index is 0.00536. The van der Waals surface area contributed by atoms with Gasteiger partial charge in [-0.3, -0.25) is 9.36 Å². The van der Waals surface area contributed by atoms with Crippen molar-refractivity contribution in [2.24, 2.45) is 0 Å². The number of amides is 1. The van der Waals surface area contributed by atoms with E-state index in [-0.39, 0.29) is 24.6 Å². The number of ether oxygens (including phenoxy) is 2. The number of methoxy groups -OCH3 is 2. The molecule has 1 aliphatic heterocycles. The smallest absolute Gasteiger partial charge is 0.348 e. The highest BCUT2D eigenvalue weighted by Crippen LogP contribution is 2.20. The molecule has 0 bridgehead atoms. The number of rotatable bonds is 5. The van der Waals surface area contributed by atoms with Crippen molar-refractivity contribution < 1.29 is 14.3 Å². The molecule has 0 saturated carbocycles. The lowest BCUT2D eigenvalue weighted by Gasteiger charge is -2.24. The molecule has 1 aromatic heterocycles. The number of carbonyl (C=O) groups excluding carboxylic acids is 1. The van der Waals surface area contributed by atoms with Gasteiger partial charge in [0.1, 0.15) is 6.54 Å². The van der Waals surface area contributed by atoms with Crippen molar-refractivity contribution in [1.29, 1.82) is 0 Å². The first-order valence-corrected chi connectivity index (χ1v) is 7.32. The zero-order valence-electron chi connectivity index (χ0n) is 13.5. The summed E-state index contributed by atoms with van der Waals surface area (Å²) >= 11 is 0. The van der Waals surface area contributed by atoms with Gasteiger partial charge in [0.15, 0.2) is 0 Å². The van der Waals surface area contributed by atoms with E-state index in [1.807, 2.05) is 0 Å². The van der Waals surface area contributed by atoms with Crippen LogP contribution in [0.4, 0.5) is 0 Å². The third-order valence-corrected chi connectivity index (χ3v) is 4.03. The molecular formula is C15H23N3O4. The Morgan fingerprint density at radius 2 is 2.14 bits per heavy atom. The summed E-state index contributed by atoms with van der Waals surface area (Å²) < 4.78 is 11.9. The van der Waals surface area contributed by atoms with Crippen LogP contribution in [-0.2, 0) is 20.8 Å². The normalized spacial score (nSPS) is 21.4. The summed E-state index contributed by atoms with van der Waals surface area (Å²) in [6.45, 7) is 4.55. The zero-order chi connectivity index (χ0) is 16.3. The molecule has 1 saturated heterocycles. The minimum Gasteiger partial charge on any atom is -0.383 e. The molecule has 1 amide bonds. The Labute approximate surface area is 129 Å². The first-order valence-electron chi connectivity index (χ1n) is 7.32. The third kappa shape index (κ3) is 3.53. The van der Waals surface area contributed by atoms with E-state index in [1.54, 1.807) is 39.0 Å². The van der Waals surface area contributed by atoms with Gasteiger partial charge in [-0.2, -0.15) is 4.98 Å². The van der Waals surface area contributed by atoms with Gasteiger partial charge in [0.25, 0.3) is 0 Å². The van der Waals surface area contributed by atoms with E-state index in [1.165, 1.54) is 4.57 Å². The Hall–Kier alpha value is -1.73. The maximum Gasteiger partial charge on any atom is 0.348 e. The fourth-order valence-corrected chi connectivity index (χ4v) is 2.89. The van der Waals surface area contributed by atoms with Gasteiger partial charge in [0.05, 0.1) is 18.8 Å². The highest BCUT2D eigenvalue weighted by Gasteiger charge is 2.35. The number of nitrogens with zero attached hydrogens (tertiary/aromatic N) is 3. The van der Waals surface area contributed by atoms with Crippen LogP contribution in [0, 0.1) is 13.8 Å². The van der Waals surface area contributed by atoms with Gasteiger partial charge in [-0.15, -0.1) is 0 Å². The van der Waals surface area contributed by atoms with Crippen molar-refractivity contribution >= 4 is 5.91 Å². The van der Waals surface area contributed by atoms with Gasteiger partial charge >= 0.3 is 5.69 Å². The Kier molecular flexibility index (Phi) is 5.31. The van der Waals surface area contributed by atoms with Crippen LogP contribution in [0.15, 0.2) is 10.9 Å². The Morgan fingerprint density at radius 1 is 1.41 bits per heavy atom. The molecule has 2 heterocycles. The average Bonchev–Trinajstić information content (AvgIpc) is 2.86. The number of aromatic nitrogens is 2. The second kappa shape index (κ2) is 7.02. The second-order valence-corrected chi connectivity index (χ2v) is 5.66. The topological polar surface area (TPSA) is 73.7 Å². The summed E-state index contributed by atoms with van der Waals surface area (Å²) in [5.41, 5.74) is 0.998. The molecule has 22 heavy (non-hydrogen) atoms. The lowest BCUT2D eigenvalue weighted by Crippen LogP contribution is -2.42. The molecule has 2 rings (SSSR count). The molecule has 7 nitrogen and oxygen atoms in total. The van der Waals surface area contributed by atoms with Gasteiger partial charge < -0.3 is 14.4 Å². The standard InChI is InChI=1S/C15H23N3O4/c1-10-5-11(2)17(15(20)16-10)8-14(19)18-7-13(22-4)6-12(18)9-21-3/h5,12-13H,6-9H2,1-4H3/t12-,13+/m0/s1. The van der Waals surface area contributed by atoms with Crippen LogP contribution >= 0.6 is 0 Å². The zero-order valence-corrected chi connectivity index (χ0v) is 13.5. The van der Waals surface area contributed by atoms with Gasteiger partial charge in [-0.25, -0.2) is 4.79 Å². The van der Waals surface area contributed by atoms with Crippen molar-refractivity contribution in [2.75, 3.05) is 27.4 Å². The van der Waals surface area contributed by atoms with Gasteiger partial charge in [0.2, 0.25) is 5.91 Å². The number of hydrogen-bond acceptors (Lipinski definition) is 5. The second-order valence-electron chi connectivity index (χ2n) is 5.66. The highest BCUT2D eigenvalue weighted by atomic mass is 16.5. The molecule has 0 radical (unpaired) electrons. The van der Waals surface area contributed by atoms with E-state index in [2.05, 4.69) is 4.98 Å². The Balaban J connectivity index is 2.16. The van der Waals surface area contributed by atoms with Crippen LogP contribution < -0.4 is 5.69 Å². The molecule has 1 aliphatic rings. The maximum atomic E-state index is 12.6. The lowest BCUT2D eigenvalue weighted by molar-refractivity contribution is -0.134. The van der Waals surface area contributed by atoms with Gasteiger partial charge in [-0.1, -0.05) is 0 Å². The monoisotopic (exact) mass is 309 g/mol. The molecule has 1 aromatic rings. The number of carbonyl (C=O) groups is 1. The van der Waals surface area contributed by atoms with Crippen molar-refractivity contribution in [3.63, 3.8) is 0 Å². The SMILES string of the molecule is COC[C@@H]1C[C@@H](OC)CN1C(=O)Cn1c(C)cc(C)nc1=O. The molecule has 1 fully saturated rings. The average molecular weight is 309 g/mol. The van der Waals surface area contributed by atoms with Gasteiger partial charge in [-0.05, 0) is 26.3 Å². The third-order valence-electron chi connectivity index (χ3n) is 4.03. The molecule has 0 aromatic carbocycles. The van der Waals surface area contributed by atoms with Crippen LogP contribution in [0.2, 0.25) is 0 Å². The molecule has 0 aliphatic carbocycles. The van der Waals surface area contributed by atoms with Crippen LogP contribution in [-0.4, -0.2) is 59.9 Å². The Morgan fingerprint density at radius 3 is 2.73 bits per heavy atom. The van der Waals surface area contributed by atoms with E-state index in [9.17, 15) is 9.59 Å². The largest absolute Gasteiger partial charge is 0.383 e. The molecule has 2 atom stereocenters. The molecular weight excluding hydrogens is 286 g/mol. The summed E-state index contributed by atoms with van der Waals surface area (Å²) in [6, 6.07) is 1.78. The summed E-state index contributed by atoms with van der Waals surface area (Å²) in [6.07, 6.45) is 0.758.